The minimum atomic E-state index is -0.929. The maximum absolute atomic E-state index is 13.2. The van der Waals surface area contributed by atoms with Gasteiger partial charge in [0, 0.05) is 103 Å². The number of morpholine rings is 2. The van der Waals surface area contributed by atoms with Crippen LogP contribution in [0, 0.1) is 17.8 Å². The highest BCUT2D eigenvalue weighted by atomic mass is 32.2. The predicted molar refractivity (Wildman–Crippen MR) is 331 cm³/mol. The summed E-state index contributed by atoms with van der Waals surface area (Å²) in [7, 11) is 7.60. The fraction of sp³-hybridized carbons (Fsp3) is 0.459. The number of Topliss-reactive ketones (excluding diaryl/α,β-unsaturated/α-hetero) is 6. The van der Waals surface area contributed by atoms with Crippen LogP contribution in [0.5, 0.6) is 0 Å². The lowest BCUT2D eigenvalue weighted by molar-refractivity contribution is -0.546. The van der Waals surface area contributed by atoms with Gasteiger partial charge in [0.1, 0.15) is 58.2 Å². The maximum atomic E-state index is 13.2. The van der Waals surface area contributed by atoms with Crippen molar-refractivity contribution in [2.45, 2.75) is 54.3 Å². The molecule has 6 atom stereocenters. The van der Waals surface area contributed by atoms with E-state index in [1.165, 1.54) is 96.1 Å². The molecular weight excluding hydrogens is 1190 g/mol. The molecule has 3 aromatic rings. The van der Waals surface area contributed by atoms with Gasteiger partial charge in [0.2, 0.25) is 15.1 Å². The summed E-state index contributed by atoms with van der Waals surface area (Å²) in [5, 5.41) is 43.2. The second-order valence-electron chi connectivity index (χ2n) is 22.1. The molecule has 10 aliphatic rings. The van der Waals surface area contributed by atoms with E-state index in [2.05, 4.69) is 19.0 Å². The Labute approximate surface area is 513 Å². The highest BCUT2D eigenvalue weighted by molar-refractivity contribution is 8.15. The van der Waals surface area contributed by atoms with E-state index in [0.717, 1.165) is 82.5 Å². The van der Waals surface area contributed by atoms with Crippen molar-refractivity contribution < 1.29 is 67.3 Å². The molecule has 0 N–H and O–H groups in total. The molecule has 4 saturated heterocycles. The van der Waals surface area contributed by atoms with E-state index in [4.69, 9.17) is 9.47 Å². The van der Waals surface area contributed by atoms with Crippen molar-refractivity contribution in [3.05, 3.63) is 105 Å². The minimum absolute atomic E-state index is 0.0513. The molecular formula is C61H66N6O11S6. The number of piperidine rings is 2. The normalized spacial score (nSPS) is 26.5. The number of ketones is 6. The van der Waals surface area contributed by atoms with Gasteiger partial charge in [-0.15, -0.1) is 34.0 Å². The predicted octanol–water partition coefficient (Wildman–Crippen LogP) is 4.38. The number of hydrogen-bond donors (Lipinski definition) is 0. The summed E-state index contributed by atoms with van der Waals surface area (Å²) in [6.07, 6.45) is 18.8. The summed E-state index contributed by atoms with van der Waals surface area (Å²) in [6, 6.07) is 11.1. The number of ether oxygens (including phenoxy) is 2. The first-order valence-corrected chi connectivity index (χ1v) is 33.6. The van der Waals surface area contributed by atoms with Crippen molar-refractivity contribution >= 4 is 151 Å². The second-order valence-corrected chi connectivity index (χ2v) is 28.8. The van der Waals surface area contributed by atoms with Crippen molar-refractivity contribution in [3.8, 4) is 0 Å². The molecule has 442 valence electrons. The van der Waals surface area contributed by atoms with Crippen LogP contribution in [0.2, 0.25) is 0 Å². The van der Waals surface area contributed by atoms with Gasteiger partial charge >= 0.3 is 0 Å². The van der Waals surface area contributed by atoms with Crippen LogP contribution >= 0.6 is 69.3 Å². The van der Waals surface area contributed by atoms with E-state index in [1.54, 1.807) is 23.9 Å². The van der Waals surface area contributed by atoms with Gasteiger partial charge < -0.3 is 39.5 Å². The lowest BCUT2D eigenvalue weighted by Gasteiger charge is -2.27. The Kier molecular flexibility index (Phi) is 18.7. The Morgan fingerprint density at radius 1 is 0.488 bits per heavy atom. The number of allylic oxidation sites excluding steroid dienone is 6. The highest BCUT2D eigenvalue weighted by Gasteiger charge is 2.48. The first-order chi connectivity index (χ1) is 40.6. The Morgan fingerprint density at radius 2 is 0.905 bits per heavy atom. The van der Waals surface area contributed by atoms with E-state index in [0.29, 0.717) is 41.1 Å². The topological polar surface area (TPSA) is 209 Å². The van der Waals surface area contributed by atoms with E-state index < -0.39 is 52.4 Å². The fourth-order valence-electron chi connectivity index (χ4n) is 11.6. The van der Waals surface area contributed by atoms with Gasteiger partial charge in [-0.05, 0) is 97.4 Å². The minimum Gasteiger partial charge on any atom is -0.870 e. The zero-order chi connectivity index (χ0) is 58.9. The number of anilines is 3. The number of carbonyl (C=O) groups excluding carboxylic acids is 6. The van der Waals surface area contributed by atoms with Crippen LogP contribution in [0.3, 0.4) is 0 Å². The molecule has 17 nitrogen and oxygen atoms in total. The van der Waals surface area contributed by atoms with Gasteiger partial charge in [0.25, 0.3) is 0 Å². The largest absolute Gasteiger partial charge is 0.870 e. The first-order valence-electron chi connectivity index (χ1n) is 28.5. The third kappa shape index (κ3) is 12.2. The van der Waals surface area contributed by atoms with E-state index in [9.17, 15) is 44.1 Å². The van der Waals surface area contributed by atoms with Crippen LogP contribution in [0.25, 0.3) is 16.7 Å². The number of thioether (sulfide) groups is 3. The van der Waals surface area contributed by atoms with Crippen molar-refractivity contribution in [3.63, 3.8) is 0 Å². The molecule has 3 aliphatic carbocycles. The summed E-state index contributed by atoms with van der Waals surface area (Å²) < 4.78 is 17.2. The third-order valence-corrected chi connectivity index (χ3v) is 23.9. The maximum Gasteiger partial charge on any atom is 0.235 e. The second kappa shape index (κ2) is 26.1. The zero-order valence-corrected chi connectivity index (χ0v) is 52.1. The van der Waals surface area contributed by atoms with Gasteiger partial charge in [-0.1, -0.05) is 35.5 Å². The lowest BCUT2D eigenvalue weighted by atomic mass is 9.98. The van der Waals surface area contributed by atoms with Crippen LogP contribution in [0.1, 0.15) is 53.2 Å². The van der Waals surface area contributed by atoms with Gasteiger partial charge in [-0.2, -0.15) is 0 Å². The number of hydrogen-bond acceptors (Lipinski definition) is 20. The summed E-state index contributed by atoms with van der Waals surface area (Å²) in [5.41, 5.74) is 0.220. The van der Waals surface area contributed by atoms with E-state index in [-0.39, 0.29) is 49.8 Å². The Balaban J connectivity index is 0.000000133. The average Bonchev–Trinajstić information content (AvgIpc) is 2.82. The molecule has 0 radical (unpaired) electrons. The third-order valence-electron chi connectivity index (χ3n) is 16.2. The summed E-state index contributed by atoms with van der Waals surface area (Å²) in [6.45, 7) is 9.88. The molecule has 13 rings (SSSR count). The molecule has 23 heteroatoms. The molecule has 0 aromatic carbocycles. The SMILES string of the molecule is CN(C)c1ccc(C2=C([O-])C(=O)C(C3C=CC(=[N+](C)C)S3)C2=O)s1.O=C1C([O-])=C(c2ccc(N3CCCCC3)s2)C(=O)C1C1C=CC(=[N+]2CCCCC2)S1.O=C1C([O-])=C(c2ccc(N3CCOCC3)s2)C(=O)C1C1C=CC(=[N+]2CCOCC2)S1. The molecule has 10 heterocycles. The molecule has 84 heavy (non-hydrogen) atoms. The highest BCUT2D eigenvalue weighted by Crippen LogP contribution is 2.45. The lowest BCUT2D eigenvalue weighted by Crippen LogP contribution is -2.35. The fourth-order valence-corrected chi connectivity index (χ4v) is 18.6. The van der Waals surface area contributed by atoms with Gasteiger partial charge in [0.15, 0.2) is 47.8 Å². The van der Waals surface area contributed by atoms with Crippen molar-refractivity contribution in [1.82, 2.24) is 0 Å². The number of thiophene rings is 3. The molecule has 6 unspecified atom stereocenters. The van der Waals surface area contributed by atoms with Gasteiger partial charge in [-0.3, -0.25) is 28.8 Å². The van der Waals surface area contributed by atoms with Crippen LogP contribution < -0.4 is 30.0 Å². The first kappa shape index (κ1) is 60.0. The molecule has 0 amide bonds. The summed E-state index contributed by atoms with van der Waals surface area (Å²) >= 11 is 8.75. The molecule has 4 fully saturated rings. The summed E-state index contributed by atoms with van der Waals surface area (Å²) in [5.74, 6) is -7.29. The average molecular weight is 1250 g/mol. The van der Waals surface area contributed by atoms with E-state index >= 15 is 0 Å². The molecule has 0 spiro atoms. The standard InChI is InChI=1S/C23H26N2O3S2.C21H22N2O5S2.C17H18N2O3S2/c26-21-19(15-7-9-17(29-15)24-11-3-1-4-12-24)22(27)23(28)20(21)16-8-10-18(30-16)25-13-5-2-6-14-25;24-19-17(13-1-3-15(29-13)22-5-9-27-10-6-22)20(25)21(26)18(19)14-2-4-16(30-14)23-7-11-28-12-8-23;1-18(2)11-7-5-9(23-11)13-15(20)14(17(22)16(13)21)10-6-8-12(24-10)19(3)4/h7-10,15,19H,1-6,11-14H2;1-4,13,17H,5-12H2;5-9,13H,1-4H3. The van der Waals surface area contributed by atoms with Crippen molar-refractivity contribution in [1.29, 1.82) is 0 Å². The van der Waals surface area contributed by atoms with Crippen molar-refractivity contribution in [2.75, 3.05) is 122 Å². The Morgan fingerprint density at radius 3 is 1.37 bits per heavy atom. The molecule has 3 aromatic heterocycles. The van der Waals surface area contributed by atoms with Crippen LogP contribution in [-0.4, -0.2) is 186 Å². The summed E-state index contributed by atoms with van der Waals surface area (Å²) in [4.78, 5) is 85.5. The molecule has 0 bridgehead atoms. The zero-order valence-electron chi connectivity index (χ0n) is 47.2. The van der Waals surface area contributed by atoms with Gasteiger partial charge in [-0.25, -0.2) is 13.7 Å². The number of rotatable bonds is 9. The van der Waals surface area contributed by atoms with Crippen LogP contribution in [-0.2, 0) is 38.2 Å². The van der Waals surface area contributed by atoms with Crippen LogP contribution in [0.15, 0.2) is 90.1 Å². The molecule has 7 aliphatic heterocycles. The Bertz CT molecular complexity index is 3290. The van der Waals surface area contributed by atoms with E-state index in [1.807, 2.05) is 98.4 Å². The van der Waals surface area contributed by atoms with Crippen molar-refractivity contribution in [2.24, 2.45) is 17.8 Å². The Hall–Kier alpha value is -5.66. The number of nitrogens with zero attached hydrogens (tertiary/aromatic N) is 6. The monoisotopic (exact) mass is 1250 g/mol. The molecule has 0 saturated carbocycles. The smallest absolute Gasteiger partial charge is 0.235 e. The quantitative estimate of drug-likeness (QED) is 0.215. The van der Waals surface area contributed by atoms with Gasteiger partial charge in [0.05, 0.1) is 44.0 Å². The number of carbonyl (C=O) groups is 6. The van der Waals surface area contributed by atoms with Crippen LogP contribution in [0.4, 0.5) is 15.0 Å².